The van der Waals surface area contributed by atoms with Gasteiger partial charge in [0, 0.05) is 24.3 Å². The minimum atomic E-state index is 0.187. The molecule has 0 aliphatic rings. The predicted octanol–water partition coefficient (Wildman–Crippen LogP) is 5.94. The molecule has 2 rings (SSSR count). The molecule has 0 atom stereocenters. The smallest absolute Gasteiger partial charge is 0.260 e. The normalized spacial score (nSPS) is 12.3. The molecule has 0 radical (unpaired) electrons. The first-order chi connectivity index (χ1) is 9.66. The van der Waals surface area contributed by atoms with Gasteiger partial charge in [-0.25, -0.2) is 0 Å². The lowest BCUT2D eigenvalue weighted by Crippen LogP contribution is -2.10. The minimum Gasteiger partial charge on any atom is -0.546 e. The van der Waals surface area contributed by atoms with Crippen LogP contribution in [0.2, 0.25) is 0 Å². The molecule has 0 saturated carbocycles. The third-order valence-corrected chi connectivity index (χ3v) is 3.72. The van der Waals surface area contributed by atoms with Crippen molar-refractivity contribution in [3.63, 3.8) is 0 Å². The standard InChI is InChI=1S/C20H26O/c1-19(2,3)15-7-11-17(12-8-15)21-18-13-9-16(10-14-18)20(4,5)6/h7-14H,1-6H3/p+1. The van der Waals surface area contributed by atoms with Gasteiger partial charge in [-0.3, -0.25) is 0 Å². The van der Waals surface area contributed by atoms with Crippen molar-refractivity contribution < 1.29 is 4.74 Å². The molecule has 0 saturated heterocycles. The Hall–Kier alpha value is -1.76. The van der Waals surface area contributed by atoms with E-state index in [1.165, 1.54) is 11.1 Å². The van der Waals surface area contributed by atoms with Gasteiger partial charge in [0.1, 0.15) is 0 Å². The quantitative estimate of drug-likeness (QED) is 0.605. The average Bonchev–Trinajstić information content (AvgIpc) is 2.38. The average molecular weight is 283 g/mol. The van der Waals surface area contributed by atoms with E-state index in [2.05, 4.69) is 94.8 Å². The van der Waals surface area contributed by atoms with E-state index >= 15 is 0 Å². The summed E-state index contributed by atoms with van der Waals surface area (Å²) >= 11 is 0. The summed E-state index contributed by atoms with van der Waals surface area (Å²) in [5, 5.41) is 0. The van der Waals surface area contributed by atoms with Gasteiger partial charge >= 0.3 is 0 Å². The zero-order chi connectivity index (χ0) is 15.7. The highest BCUT2D eigenvalue weighted by Crippen LogP contribution is 2.29. The summed E-state index contributed by atoms with van der Waals surface area (Å²) in [6.07, 6.45) is 0. The second kappa shape index (κ2) is 5.55. The van der Waals surface area contributed by atoms with Crippen LogP contribution in [0.4, 0.5) is 0 Å². The molecule has 0 fully saturated rings. The molecule has 1 N–H and O–H groups in total. The van der Waals surface area contributed by atoms with Crippen LogP contribution < -0.4 is 0 Å². The van der Waals surface area contributed by atoms with Crippen LogP contribution in [0, 0.1) is 0 Å². The van der Waals surface area contributed by atoms with Crippen molar-refractivity contribution >= 4 is 0 Å². The van der Waals surface area contributed by atoms with Crippen LogP contribution in [0.5, 0.6) is 11.5 Å². The third kappa shape index (κ3) is 4.10. The van der Waals surface area contributed by atoms with Crippen LogP contribution in [0.3, 0.4) is 0 Å². The fourth-order valence-corrected chi connectivity index (χ4v) is 2.22. The van der Waals surface area contributed by atoms with Gasteiger partial charge in [-0.2, -0.15) is 0 Å². The number of hydrogen-bond donors (Lipinski definition) is 0. The molecule has 0 bridgehead atoms. The minimum absolute atomic E-state index is 0.187. The highest BCUT2D eigenvalue weighted by Gasteiger charge is 2.15. The molecule has 0 aromatic heterocycles. The van der Waals surface area contributed by atoms with E-state index < -0.39 is 0 Å². The molecule has 0 spiro atoms. The fraction of sp³-hybridized carbons (Fsp3) is 0.400. The monoisotopic (exact) mass is 283 g/mol. The first-order valence-corrected chi connectivity index (χ1v) is 7.59. The highest BCUT2D eigenvalue weighted by atomic mass is 16.5. The molecular weight excluding hydrogens is 256 g/mol. The Bertz CT molecular complexity index is 522. The van der Waals surface area contributed by atoms with E-state index in [4.69, 9.17) is 0 Å². The Morgan fingerprint density at radius 1 is 0.524 bits per heavy atom. The van der Waals surface area contributed by atoms with Crippen LogP contribution >= 0.6 is 0 Å². The van der Waals surface area contributed by atoms with Crippen molar-refractivity contribution in [3.05, 3.63) is 59.7 Å². The maximum Gasteiger partial charge on any atom is 0.260 e. The number of hydrogen-bond acceptors (Lipinski definition) is 0. The van der Waals surface area contributed by atoms with E-state index in [9.17, 15) is 0 Å². The first-order valence-electron chi connectivity index (χ1n) is 7.59. The van der Waals surface area contributed by atoms with Crippen LogP contribution in [0.1, 0.15) is 52.7 Å². The Balaban J connectivity index is 2.12. The second-order valence-corrected chi connectivity index (χ2v) is 7.71. The number of ether oxygens (including phenoxy) is 1. The van der Waals surface area contributed by atoms with Gasteiger partial charge in [0.2, 0.25) is 0 Å². The van der Waals surface area contributed by atoms with E-state index in [1.807, 2.05) is 0 Å². The molecule has 0 amide bonds. The summed E-state index contributed by atoms with van der Waals surface area (Å²) in [6.45, 7) is 13.4. The van der Waals surface area contributed by atoms with Crippen LogP contribution in [0.25, 0.3) is 0 Å². The van der Waals surface area contributed by atoms with Crippen molar-refractivity contribution in [1.82, 2.24) is 0 Å². The lowest BCUT2D eigenvalue weighted by molar-refractivity contribution is 0.198. The molecule has 2 aromatic carbocycles. The summed E-state index contributed by atoms with van der Waals surface area (Å²) in [5.41, 5.74) is 3.05. The number of aromatic hydroxyl groups is 2. The van der Waals surface area contributed by atoms with Crippen molar-refractivity contribution in [2.75, 3.05) is 0 Å². The van der Waals surface area contributed by atoms with Crippen LogP contribution in [0.15, 0.2) is 48.5 Å². The summed E-state index contributed by atoms with van der Waals surface area (Å²) < 4.78 is 4.69. The molecule has 0 aliphatic heterocycles. The maximum absolute atomic E-state index is 4.69. The molecule has 1 heteroatoms. The summed E-state index contributed by atoms with van der Waals surface area (Å²) in [5.74, 6) is 2.01. The van der Waals surface area contributed by atoms with E-state index in [-0.39, 0.29) is 10.8 Å². The summed E-state index contributed by atoms with van der Waals surface area (Å²) in [6, 6.07) is 17.1. The zero-order valence-corrected chi connectivity index (χ0v) is 14.1. The Morgan fingerprint density at radius 3 is 1.05 bits per heavy atom. The van der Waals surface area contributed by atoms with Crippen molar-refractivity contribution in [1.29, 1.82) is 0 Å². The number of rotatable bonds is 2. The van der Waals surface area contributed by atoms with Crippen molar-refractivity contribution in [2.45, 2.75) is 52.4 Å². The Kier molecular flexibility index (Phi) is 4.13. The van der Waals surface area contributed by atoms with Crippen molar-refractivity contribution in [3.8, 4) is 11.5 Å². The Morgan fingerprint density at radius 2 is 0.810 bits per heavy atom. The van der Waals surface area contributed by atoms with Gasteiger partial charge in [0.05, 0.1) is 0 Å². The molecule has 2 aromatic rings. The Labute approximate surface area is 129 Å². The number of benzene rings is 2. The first kappa shape index (κ1) is 15.6. The molecule has 1 nitrogen and oxygen atoms in total. The molecular formula is C20H27O+. The van der Waals surface area contributed by atoms with Crippen molar-refractivity contribution in [2.24, 2.45) is 0 Å². The van der Waals surface area contributed by atoms with E-state index in [1.54, 1.807) is 0 Å². The van der Waals surface area contributed by atoms with Crippen LogP contribution in [-0.4, -0.2) is 4.74 Å². The molecule has 0 heterocycles. The fourth-order valence-electron chi connectivity index (χ4n) is 2.22. The van der Waals surface area contributed by atoms with Gasteiger partial charge in [-0.15, -0.1) is 0 Å². The zero-order valence-electron chi connectivity index (χ0n) is 14.1. The molecule has 0 unspecified atom stereocenters. The molecule has 112 valence electrons. The van der Waals surface area contributed by atoms with Gasteiger partial charge in [0.15, 0.2) is 0 Å². The SMILES string of the molecule is CC(C)(C)c1ccc([OH+]c2ccc(C(C)(C)C)cc2)cc1. The van der Waals surface area contributed by atoms with E-state index in [0.29, 0.717) is 0 Å². The topological polar surface area (TPSA) is 12.8 Å². The maximum atomic E-state index is 4.69. The predicted molar refractivity (Wildman–Crippen MR) is 91.4 cm³/mol. The van der Waals surface area contributed by atoms with Gasteiger partial charge in [-0.1, -0.05) is 41.5 Å². The van der Waals surface area contributed by atoms with Crippen LogP contribution in [-0.2, 0) is 10.8 Å². The third-order valence-electron chi connectivity index (χ3n) is 3.72. The molecule has 21 heavy (non-hydrogen) atoms. The summed E-state index contributed by atoms with van der Waals surface area (Å²) in [7, 11) is 0. The summed E-state index contributed by atoms with van der Waals surface area (Å²) in [4.78, 5) is 0. The lowest BCUT2D eigenvalue weighted by Gasteiger charge is -2.19. The van der Waals surface area contributed by atoms with Gasteiger partial charge in [-0.05, 0) is 46.2 Å². The van der Waals surface area contributed by atoms with Gasteiger partial charge < -0.3 is 4.74 Å². The largest absolute Gasteiger partial charge is 0.546 e. The second-order valence-electron chi connectivity index (χ2n) is 7.71. The highest BCUT2D eigenvalue weighted by molar-refractivity contribution is 5.36. The lowest BCUT2D eigenvalue weighted by atomic mass is 9.87. The van der Waals surface area contributed by atoms with Gasteiger partial charge in [0.25, 0.3) is 11.5 Å². The molecule has 0 aliphatic carbocycles. The van der Waals surface area contributed by atoms with E-state index in [0.717, 1.165) is 11.5 Å².